The molecule has 0 radical (unpaired) electrons. The lowest BCUT2D eigenvalue weighted by Gasteiger charge is -2.49. The van der Waals surface area contributed by atoms with Gasteiger partial charge in [-0.05, 0) is 27.7 Å². The van der Waals surface area contributed by atoms with Gasteiger partial charge in [-0.2, -0.15) is 13.2 Å². The Morgan fingerprint density at radius 2 is 1.59 bits per heavy atom. The first-order valence-electron chi connectivity index (χ1n) is 5.68. The molecular formula is C11H21F3N2O. The van der Waals surface area contributed by atoms with Crippen LogP contribution in [0.5, 0.6) is 0 Å². The van der Waals surface area contributed by atoms with Gasteiger partial charge in [0.25, 0.3) is 0 Å². The van der Waals surface area contributed by atoms with E-state index in [0.717, 1.165) is 0 Å². The summed E-state index contributed by atoms with van der Waals surface area (Å²) in [6.45, 7) is 7.23. The summed E-state index contributed by atoms with van der Waals surface area (Å²) in [5.41, 5.74) is 4.07. The second-order valence-corrected chi connectivity index (χ2v) is 5.82. The summed E-state index contributed by atoms with van der Waals surface area (Å²) in [4.78, 5) is 1.38. The maximum absolute atomic E-state index is 12.8. The lowest BCUT2D eigenvalue weighted by Crippen LogP contribution is -2.63. The van der Waals surface area contributed by atoms with Crippen LogP contribution in [0, 0.1) is 0 Å². The predicted molar refractivity (Wildman–Crippen MR) is 59.7 cm³/mol. The summed E-state index contributed by atoms with van der Waals surface area (Å²) < 4.78 is 44.3. The monoisotopic (exact) mass is 254 g/mol. The summed E-state index contributed by atoms with van der Waals surface area (Å²) in [6, 6.07) is -1.59. The first-order valence-corrected chi connectivity index (χ1v) is 5.68. The lowest BCUT2D eigenvalue weighted by molar-refractivity contribution is -0.233. The van der Waals surface area contributed by atoms with E-state index in [1.54, 1.807) is 27.7 Å². The number of ether oxygens (including phenoxy) is 1. The summed E-state index contributed by atoms with van der Waals surface area (Å²) in [5.74, 6) is 0. The van der Waals surface area contributed by atoms with Crippen LogP contribution in [0.1, 0.15) is 27.7 Å². The molecule has 1 aliphatic rings. The quantitative estimate of drug-likeness (QED) is 0.816. The largest absolute Gasteiger partial charge is 0.405 e. The SMILES string of the molecule is CC1(C)CN(C(CN)C(F)(F)F)CC(C)(C)O1. The van der Waals surface area contributed by atoms with Crippen LogP contribution < -0.4 is 5.73 Å². The number of morpholine rings is 1. The number of alkyl halides is 3. The third kappa shape index (κ3) is 3.82. The zero-order valence-corrected chi connectivity index (χ0v) is 10.8. The van der Waals surface area contributed by atoms with Gasteiger partial charge in [-0.15, -0.1) is 0 Å². The van der Waals surface area contributed by atoms with Crippen LogP contribution >= 0.6 is 0 Å². The van der Waals surface area contributed by atoms with E-state index in [9.17, 15) is 13.2 Å². The Kier molecular flexibility index (Phi) is 3.82. The molecular weight excluding hydrogens is 233 g/mol. The molecule has 1 saturated heterocycles. The molecule has 0 saturated carbocycles. The van der Waals surface area contributed by atoms with Gasteiger partial charge < -0.3 is 10.5 Å². The number of hydrogen-bond acceptors (Lipinski definition) is 3. The minimum Gasteiger partial charge on any atom is -0.367 e. The molecule has 102 valence electrons. The Labute approximate surface area is 100 Å². The molecule has 1 heterocycles. The highest BCUT2D eigenvalue weighted by Crippen LogP contribution is 2.33. The molecule has 1 unspecified atom stereocenters. The van der Waals surface area contributed by atoms with E-state index in [-0.39, 0.29) is 13.1 Å². The van der Waals surface area contributed by atoms with Crippen LogP contribution in [0.15, 0.2) is 0 Å². The standard InChI is InChI=1S/C11H21F3N2O/c1-9(2)6-16(7-10(3,4)17-9)8(5-15)11(12,13)14/h8H,5-7,15H2,1-4H3. The highest BCUT2D eigenvalue weighted by atomic mass is 19.4. The highest BCUT2D eigenvalue weighted by Gasteiger charge is 2.48. The van der Waals surface area contributed by atoms with Crippen molar-refractivity contribution in [2.75, 3.05) is 19.6 Å². The maximum atomic E-state index is 12.8. The van der Waals surface area contributed by atoms with Crippen LogP contribution in [-0.2, 0) is 4.74 Å². The van der Waals surface area contributed by atoms with Gasteiger partial charge >= 0.3 is 6.18 Å². The second kappa shape index (κ2) is 4.40. The first kappa shape index (κ1) is 14.7. The van der Waals surface area contributed by atoms with Gasteiger partial charge in [-0.25, -0.2) is 0 Å². The van der Waals surface area contributed by atoms with E-state index >= 15 is 0 Å². The minimum absolute atomic E-state index is 0.234. The van der Waals surface area contributed by atoms with Crippen molar-refractivity contribution in [3.05, 3.63) is 0 Å². The van der Waals surface area contributed by atoms with E-state index in [2.05, 4.69) is 0 Å². The van der Waals surface area contributed by atoms with E-state index in [1.807, 2.05) is 0 Å². The van der Waals surface area contributed by atoms with Crippen molar-refractivity contribution in [1.29, 1.82) is 0 Å². The Hall–Kier alpha value is -0.330. The van der Waals surface area contributed by atoms with Gasteiger partial charge in [0.05, 0.1) is 11.2 Å². The van der Waals surface area contributed by atoms with E-state index < -0.39 is 30.0 Å². The number of nitrogens with two attached hydrogens (primary N) is 1. The van der Waals surface area contributed by atoms with Crippen LogP contribution in [0.4, 0.5) is 13.2 Å². The molecule has 0 aromatic heterocycles. The van der Waals surface area contributed by atoms with E-state index in [1.165, 1.54) is 4.90 Å². The van der Waals surface area contributed by atoms with Gasteiger partial charge in [0.2, 0.25) is 0 Å². The molecule has 0 aromatic rings. The molecule has 6 heteroatoms. The van der Waals surface area contributed by atoms with Crippen LogP contribution in [0.2, 0.25) is 0 Å². The van der Waals surface area contributed by atoms with Crippen molar-refractivity contribution < 1.29 is 17.9 Å². The van der Waals surface area contributed by atoms with Crippen molar-refractivity contribution in [2.24, 2.45) is 5.73 Å². The van der Waals surface area contributed by atoms with Crippen molar-refractivity contribution in [3.8, 4) is 0 Å². The van der Waals surface area contributed by atoms with E-state index in [0.29, 0.717) is 0 Å². The molecule has 0 aromatic carbocycles. The minimum atomic E-state index is -4.29. The Balaban J connectivity index is 2.90. The van der Waals surface area contributed by atoms with Crippen LogP contribution in [-0.4, -0.2) is 48.0 Å². The molecule has 0 bridgehead atoms. The fraction of sp³-hybridized carbons (Fsp3) is 1.00. The Bertz CT molecular complexity index is 260. The van der Waals surface area contributed by atoms with Gasteiger partial charge in [0.15, 0.2) is 0 Å². The summed E-state index contributed by atoms with van der Waals surface area (Å²) in [6.07, 6.45) is -4.29. The summed E-state index contributed by atoms with van der Waals surface area (Å²) in [5, 5.41) is 0. The number of nitrogens with zero attached hydrogens (tertiary/aromatic N) is 1. The van der Waals surface area contributed by atoms with Gasteiger partial charge in [0.1, 0.15) is 6.04 Å². The number of rotatable bonds is 2. The summed E-state index contributed by atoms with van der Waals surface area (Å²) >= 11 is 0. The number of halogens is 3. The van der Waals surface area contributed by atoms with Gasteiger partial charge in [0, 0.05) is 19.6 Å². The molecule has 1 rings (SSSR count). The van der Waals surface area contributed by atoms with Crippen molar-refractivity contribution >= 4 is 0 Å². The molecule has 1 atom stereocenters. The second-order valence-electron chi connectivity index (χ2n) is 5.82. The van der Waals surface area contributed by atoms with E-state index in [4.69, 9.17) is 10.5 Å². The third-order valence-electron chi connectivity index (χ3n) is 2.76. The molecule has 0 amide bonds. The normalized spacial score (nSPS) is 26.8. The van der Waals surface area contributed by atoms with Gasteiger partial charge in [-0.1, -0.05) is 0 Å². The zero-order chi connectivity index (χ0) is 13.5. The van der Waals surface area contributed by atoms with Crippen molar-refractivity contribution in [3.63, 3.8) is 0 Å². The lowest BCUT2D eigenvalue weighted by atomic mass is 9.97. The zero-order valence-electron chi connectivity index (χ0n) is 10.8. The average molecular weight is 254 g/mol. The molecule has 0 spiro atoms. The molecule has 1 fully saturated rings. The first-order chi connectivity index (χ1) is 7.47. The molecule has 2 N–H and O–H groups in total. The average Bonchev–Trinajstić information content (AvgIpc) is 1.94. The molecule has 1 aliphatic heterocycles. The topological polar surface area (TPSA) is 38.5 Å². The fourth-order valence-electron chi connectivity index (χ4n) is 2.56. The Morgan fingerprint density at radius 1 is 1.18 bits per heavy atom. The van der Waals surface area contributed by atoms with Crippen molar-refractivity contribution in [1.82, 2.24) is 4.90 Å². The Morgan fingerprint density at radius 3 is 1.88 bits per heavy atom. The van der Waals surface area contributed by atoms with Crippen LogP contribution in [0.25, 0.3) is 0 Å². The van der Waals surface area contributed by atoms with Crippen LogP contribution in [0.3, 0.4) is 0 Å². The predicted octanol–water partition coefficient (Wildman–Crippen LogP) is 1.77. The number of hydrogen-bond donors (Lipinski definition) is 1. The van der Waals surface area contributed by atoms with Gasteiger partial charge in [-0.3, -0.25) is 4.90 Å². The molecule has 3 nitrogen and oxygen atoms in total. The maximum Gasteiger partial charge on any atom is 0.405 e. The molecule has 0 aliphatic carbocycles. The summed E-state index contributed by atoms with van der Waals surface area (Å²) in [7, 11) is 0. The highest BCUT2D eigenvalue weighted by molar-refractivity contribution is 4.94. The smallest absolute Gasteiger partial charge is 0.367 e. The van der Waals surface area contributed by atoms with Crippen molar-refractivity contribution in [2.45, 2.75) is 51.1 Å². The third-order valence-corrected chi connectivity index (χ3v) is 2.76. The fourth-order valence-corrected chi connectivity index (χ4v) is 2.56. The molecule has 17 heavy (non-hydrogen) atoms.